The largest absolute Gasteiger partial charge is 0.351 e. The monoisotopic (exact) mass is 389 g/mol. The maximum absolute atomic E-state index is 12.9. The van der Waals surface area contributed by atoms with Crippen molar-refractivity contribution in [3.05, 3.63) is 47.3 Å². The zero-order valence-corrected chi connectivity index (χ0v) is 16.2. The molecule has 1 N–H and O–H groups in total. The highest BCUT2D eigenvalue weighted by atomic mass is 32.2. The Morgan fingerprint density at radius 2 is 2.04 bits per heavy atom. The third-order valence-electron chi connectivity index (χ3n) is 5.65. The molecule has 7 nitrogen and oxygen atoms in total. The van der Waals surface area contributed by atoms with Crippen LogP contribution in [0.25, 0.3) is 0 Å². The number of rotatable bonds is 5. The Hall–Kier alpha value is -2.19. The standard InChI is InChI=1S/C19H23N3O4S/c1-3-14-9-18(26-21-14)19(23)20-17-8-13-10-22(11-16(13)17)27(24,25)15-6-4-12(2)5-7-15/h4-7,9,13,16-17H,3,8,10-11H2,1-2H3,(H,20,23)/t13-,16+,17+/m1/s1. The number of carbonyl (C=O) groups is 1. The van der Waals surface area contributed by atoms with E-state index in [4.69, 9.17) is 4.52 Å². The second kappa shape index (κ2) is 6.76. The SMILES string of the molecule is CCc1cc(C(=O)N[C@H]2C[C@@H]3CN(S(=O)(=O)c4ccc(C)cc4)C[C@@H]32)on1. The van der Waals surface area contributed by atoms with E-state index in [1.54, 1.807) is 22.5 Å². The first-order valence-electron chi connectivity index (χ1n) is 9.21. The second-order valence-electron chi connectivity index (χ2n) is 7.41. The van der Waals surface area contributed by atoms with Gasteiger partial charge in [-0.25, -0.2) is 8.42 Å². The third-order valence-corrected chi connectivity index (χ3v) is 7.50. The van der Waals surface area contributed by atoms with Crippen molar-refractivity contribution >= 4 is 15.9 Å². The maximum Gasteiger partial charge on any atom is 0.290 e. The molecule has 2 aromatic rings. The van der Waals surface area contributed by atoms with Gasteiger partial charge in [0.1, 0.15) is 0 Å². The Morgan fingerprint density at radius 1 is 1.30 bits per heavy atom. The Morgan fingerprint density at radius 3 is 2.70 bits per heavy atom. The second-order valence-corrected chi connectivity index (χ2v) is 9.35. The topological polar surface area (TPSA) is 92.5 Å². The molecule has 8 heteroatoms. The molecular weight excluding hydrogens is 366 g/mol. The normalized spacial score (nSPS) is 25.0. The first-order valence-corrected chi connectivity index (χ1v) is 10.7. The van der Waals surface area contributed by atoms with Crippen LogP contribution in [0.15, 0.2) is 39.8 Å². The molecule has 1 saturated carbocycles. The van der Waals surface area contributed by atoms with E-state index in [9.17, 15) is 13.2 Å². The molecule has 144 valence electrons. The van der Waals surface area contributed by atoms with E-state index in [0.29, 0.717) is 24.4 Å². The van der Waals surface area contributed by atoms with Gasteiger partial charge in [-0.2, -0.15) is 4.31 Å². The molecule has 1 aliphatic carbocycles. The van der Waals surface area contributed by atoms with E-state index >= 15 is 0 Å². The summed E-state index contributed by atoms with van der Waals surface area (Å²) in [6, 6.07) is 8.54. The molecule has 27 heavy (non-hydrogen) atoms. The number of aryl methyl sites for hydroxylation is 2. The van der Waals surface area contributed by atoms with Crippen molar-refractivity contribution in [1.82, 2.24) is 14.8 Å². The van der Waals surface area contributed by atoms with Crippen LogP contribution in [-0.2, 0) is 16.4 Å². The molecule has 3 atom stereocenters. The van der Waals surface area contributed by atoms with Gasteiger partial charge in [0.05, 0.1) is 10.6 Å². The number of nitrogens with zero attached hydrogens (tertiary/aromatic N) is 2. The quantitative estimate of drug-likeness (QED) is 0.844. The number of sulfonamides is 1. The van der Waals surface area contributed by atoms with Gasteiger partial charge in [-0.05, 0) is 43.7 Å². The van der Waals surface area contributed by atoms with Gasteiger partial charge in [0.25, 0.3) is 5.91 Å². The summed E-state index contributed by atoms with van der Waals surface area (Å²) in [4.78, 5) is 12.6. The Labute approximate surface area is 158 Å². The summed E-state index contributed by atoms with van der Waals surface area (Å²) in [5.74, 6) is 0.349. The van der Waals surface area contributed by atoms with Crippen molar-refractivity contribution in [2.24, 2.45) is 11.8 Å². The molecule has 2 aliphatic rings. The van der Waals surface area contributed by atoms with Crippen molar-refractivity contribution in [2.75, 3.05) is 13.1 Å². The van der Waals surface area contributed by atoms with E-state index in [2.05, 4.69) is 10.5 Å². The molecule has 2 heterocycles. The average molecular weight is 389 g/mol. The molecule has 0 unspecified atom stereocenters. The Balaban J connectivity index is 1.41. The Bertz CT molecular complexity index is 952. The molecule has 4 rings (SSSR count). The molecule has 1 amide bonds. The fourth-order valence-electron chi connectivity index (χ4n) is 3.91. The highest BCUT2D eigenvalue weighted by molar-refractivity contribution is 7.89. The molecule has 2 fully saturated rings. The summed E-state index contributed by atoms with van der Waals surface area (Å²) in [6.45, 7) is 4.81. The van der Waals surface area contributed by atoms with Gasteiger partial charge in [-0.1, -0.05) is 29.8 Å². The molecule has 0 bridgehead atoms. The lowest BCUT2D eigenvalue weighted by Crippen LogP contribution is -2.51. The summed E-state index contributed by atoms with van der Waals surface area (Å²) >= 11 is 0. The van der Waals surface area contributed by atoms with Crippen LogP contribution in [-0.4, -0.2) is 42.9 Å². The van der Waals surface area contributed by atoms with Crippen molar-refractivity contribution in [3.63, 3.8) is 0 Å². The molecular formula is C19H23N3O4S. The fourth-order valence-corrected chi connectivity index (χ4v) is 5.45. The number of carbonyl (C=O) groups excluding carboxylic acids is 1. The molecule has 1 aliphatic heterocycles. The number of nitrogens with one attached hydrogen (secondary N) is 1. The molecule has 1 aromatic carbocycles. The first kappa shape index (κ1) is 18.2. The number of hydrogen-bond donors (Lipinski definition) is 1. The van der Waals surface area contributed by atoms with E-state index < -0.39 is 10.0 Å². The third kappa shape index (κ3) is 3.27. The van der Waals surface area contributed by atoms with Gasteiger partial charge in [0.15, 0.2) is 0 Å². The highest BCUT2D eigenvalue weighted by Gasteiger charge is 2.50. The molecule has 0 spiro atoms. The predicted molar refractivity (Wildman–Crippen MR) is 98.7 cm³/mol. The lowest BCUT2D eigenvalue weighted by molar-refractivity contribution is 0.0796. The first-order chi connectivity index (χ1) is 12.9. The van der Waals surface area contributed by atoms with Crippen LogP contribution in [0.1, 0.15) is 35.2 Å². The van der Waals surface area contributed by atoms with Crippen LogP contribution in [0.5, 0.6) is 0 Å². The lowest BCUT2D eigenvalue weighted by Gasteiger charge is -2.39. The van der Waals surface area contributed by atoms with Gasteiger partial charge >= 0.3 is 0 Å². The average Bonchev–Trinajstić information content (AvgIpc) is 3.25. The fraction of sp³-hybridized carbons (Fsp3) is 0.474. The molecule has 0 radical (unpaired) electrons. The maximum atomic E-state index is 12.9. The summed E-state index contributed by atoms with van der Waals surface area (Å²) in [5, 5.41) is 6.80. The van der Waals surface area contributed by atoms with E-state index in [0.717, 1.165) is 17.7 Å². The number of fused-ring (bicyclic) bond motifs is 1. The summed E-state index contributed by atoms with van der Waals surface area (Å²) < 4.78 is 32.3. The van der Waals surface area contributed by atoms with Crippen LogP contribution in [0.4, 0.5) is 0 Å². The number of benzene rings is 1. The van der Waals surface area contributed by atoms with Crippen LogP contribution in [0, 0.1) is 18.8 Å². The predicted octanol–water partition coefficient (Wildman–Crippen LogP) is 1.98. The van der Waals surface area contributed by atoms with Gasteiger partial charge in [0, 0.05) is 25.2 Å². The minimum Gasteiger partial charge on any atom is -0.351 e. The smallest absolute Gasteiger partial charge is 0.290 e. The summed E-state index contributed by atoms with van der Waals surface area (Å²) in [7, 11) is -3.49. The van der Waals surface area contributed by atoms with Gasteiger partial charge in [-0.15, -0.1) is 0 Å². The molecule has 1 aromatic heterocycles. The molecule has 1 saturated heterocycles. The van der Waals surface area contributed by atoms with Crippen molar-refractivity contribution in [3.8, 4) is 0 Å². The number of aromatic nitrogens is 1. The van der Waals surface area contributed by atoms with E-state index in [-0.39, 0.29) is 29.5 Å². The number of amides is 1. The minimum atomic E-state index is -3.49. The van der Waals surface area contributed by atoms with E-state index in [1.165, 1.54) is 0 Å². The van der Waals surface area contributed by atoms with Crippen molar-refractivity contribution in [1.29, 1.82) is 0 Å². The van der Waals surface area contributed by atoms with Crippen LogP contribution in [0.3, 0.4) is 0 Å². The highest BCUT2D eigenvalue weighted by Crippen LogP contribution is 2.42. The van der Waals surface area contributed by atoms with Crippen molar-refractivity contribution in [2.45, 2.75) is 37.6 Å². The summed E-state index contributed by atoms with van der Waals surface area (Å²) in [5.41, 5.74) is 1.76. The van der Waals surface area contributed by atoms with Gasteiger partial charge in [0.2, 0.25) is 15.8 Å². The summed E-state index contributed by atoms with van der Waals surface area (Å²) in [6.07, 6.45) is 1.49. The van der Waals surface area contributed by atoms with Gasteiger partial charge < -0.3 is 9.84 Å². The van der Waals surface area contributed by atoms with Crippen LogP contribution < -0.4 is 5.32 Å². The van der Waals surface area contributed by atoms with Crippen molar-refractivity contribution < 1.29 is 17.7 Å². The minimum absolute atomic E-state index is 0.0316. The number of hydrogen-bond acceptors (Lipinski definition) is 5. The Kier molecular flexibility index (Phi) is 4.55. The van der Waals surface area contributed by atoms with Crippen LogP contribution in [0.2, 0.25) is 0 Å². The van der Waals surface area contributed by atoms with E-state index in [1.807, 2.05) is 26.0 Å². The zero-order valence-electron chi connectivity index (χ0n) is 15.4. The van der Waals surface area contributed by atoms with Gasteiger partial charge in [-0.3, -0.25) is 4.79 Å². The zero-order chi connectivity index (χ0) is 19.2. The lowest BCUT2D eigenvalue weighted by atomic mass is 9.71. The van der Waals surface area contributed by atoms with Crippen LogP contribution >= 0.6 is 0 Å².